The molecule has 4 rings (SSSR count). The summed E-state index contributed by atoms with van der Waals surface area (Å²) in [7, 11) is -3.22. The van der Waals surface area contributed by atoms with Crippen molar-refractivity contribution in [1.82, 2.24) is 9.80 Å². The third-order valence-electron chi connectivity index (χ3n) is 5.90. The molecule has 0 aromatic carbocycles. The van der Waals surface area contributed by atoms with Gasteiger partial charge in [-0.15, -0.1) is 11.3 Å². The van der Waals surface area contributed by atoms with E-state index in [-0.39, 0.29) is 41.3 Å². The van der Waals surface area contributed by atoms with Crippen LogP contribution in [0.25, 0.3) is 0 Å². The first-order valence-electron chi connectivity index (χ1n) is 9.27. The normalized spacial score (nSPS) is 27.8. The van der Waals surface area contributed by atoms with Crippen molar-refractivity contribution in [1.29, 1.82) is 0 Å². The van der Waals surface area contributed by atoms with Gasteiger partial charge in [0, 0.05) is 30.3 Å². The van der Waals surface area contributed by atoms with Crippen LogP contribution in [0.1, 0.15) is 30.6 Å². The lowest BCUT2D eigenvalue weighted by molar-refractivity contribution is -0.149. The van der Waals surface area contributed by atoms with Gasteiger partial charge in [0.1, 0.15) is 0 Å². The van der Waals surface area contributed by atoms with Crippen molar-refractivity contribution < 1.29 is 18.0 Å². The van der Waals surface area contributed by atoms with Gasteiger partial charge < -0.3 is 9.80 Å². The zero-order valence-electron chi connectivity index (χ0n) is 14.7. The van der Waals surface area contributed by atoms with Crippen molar-refractivity contribution in [3.63, 3.8) is 0 Å². The number of carbonyl (C=O) groups excluding carboxylic acids is 2. The number of hydrogen-bond acceptors (Lipinski definition) is 5. The second-order valence-corrected chi connectivity index (χ2v) is 10.7. The zero-order valence-corrected chi connectivity index (χ0v) is 16.3. The summed E-state index contributed by atoms with van der Waals surface area (Å²) in [5.41, 5.74) is 0. The van der Waals surface area contributed by atoms with Gasteiger partial charge in [-0.25, -0.2) is 8.42 Å². The number of sulfone groups is 1. The first kappa shape index (κ1) is 18.0. The van der Waals surface area contributed by atoms with E-state index >= 15 is 0 Å². The lowest BCUT2D eigenvalue weighted by Gasteiger charge is -2.45. The van der Waals surface area contributed by atoms with E-state index in [1.807, 2.05) is 17.5 Å². The molecule has 3 aliphatic rings. The predicted molar refractivity (Wildman–Crippen MR) is 99.6 cm³/mol. The highest BCUT2D eigenvalue weighted by molar-refractivity contribution is 7.91. The highest BCUT2D eigenvalue weighted by Gasteiger charge is 2.50. The molecule has 0 unspecified atom stereocenters. The average molecular weight is 397 g/mol. The van der Waals surface area contributed by atoms with Crippen molar-refractivity contribution in [2.75, 3.05) is 24.6 Å². The molecule has 0 radical (unpaired) electrons. The molecule has 3 heterocycles. The maximum atomic E-state index is 12.8. The van der Waals surface area contributed by atoms with E-state index in [1.54, 1.807) is 21.1 Å². The minimum absolute atomic E-state index is 0.00115. The van der Waals surface area contributed by atoms with Gasteiger partial charge in [0.05, 0.1) is 23.6 Å². The van der Waals surface area contributed by atoms with E-state index < -0.39 is 9.84 Å². The number of fused-ring (bicyclic) bond motifs is 1. The van der Waals surface area contributed by atoms with Gasteiger partial charge in [-0.2, -0.15) is 0 Å². The lowest BCUT2D eigenvalue weighted by atomic mass is 9.83. The molecule has 2 saturated heterocycles. The molecule has 0 bridgehead atoms. The van der Waals surface area contributed by atoms with Gasteiger partial charge >= 0.3 is 0 Å². The minimum atomic E-state index is -3.22. The van der Waals surface area contributed by atoms with Gasteiger partial charge in [-0.1, -0.05) is 12.5 Å². The average Bonchev–Trinajstić information content (AvgIpc) is 3.15. The number of carbonyl (C=O) groups is 2. The molecule has 2 aliphatic heterocycles. The van der Waals surface area contributed by atoms with Crippen LogP contribution in [0.4, 0.5) is 0 Å². The van der Waals surface area contributed by atoms with E-state index in [1.165, 1.54) is 0 Å². The summed E-state index contributed by atoms with van der Waals surface area (Å²) in [6.07, 6.45) is 3.96. The molecular formula is C18H24N2O4S2. The van der Waals surface area contributed by atoms with Crippen molar-refractivity contribution >= 4 is 33.0 Å². The maximum Gasteiger partial charge on any atom is 0.226 e. The number of nitrogens with zero attached hydrogens (tertiary/aromatic N) is 2. The second-order valence-electron chi connectivity index (χ2n) is 7.54. The van der Waals surface area contributed by atoms with Crippen molar-refractivity contribution in [3.05, 3.63) is 22.4 Å². The third-order valence-corrected chi connectivity index (χ3v) is 8.53. The topological polar surface area (TPSA) is 74.8 Å². The Kier molecular flexibility index (Phi) is 4.81. The van der Waals surface area contributed by atoms with Crippen LogP contribution in [-0.4, -0.2) is 66.7 Å². The van der Waals surface area contributed by atoms with Gasteiger partial charge in [0.25, 0.3) is 0 Å². The van der Waals surface area contributed by atoms with Crippen LogP contribution in [0.5, 0.6) is 0 Å². The Bertz CT molecular complexity index is 786. The van der Waals surface area contributed by atoms with Crippen LogP contribution in [0.2, 0.25) is 0 Å². The summed E-state index contributed by atoms with van der Waals surface area (Å²) >= 11 is 1.63. The summed E-state index contributed by atoms with van der Waals surface area (Å²) in [4.78, 5) is 30.1. The fourth-order valence-corrected chi connectivity index (χ4v) is 6.94. The molecule has 26 heavy (non-hydrogen) atoms. The molecule has 3 fully saturated rings. The Morgan fingerprint density at radius 3 is 2.42 bits per heavy atom. The van der Waals surface area contributed by atoms with E-state index in [2.05, 4.69) is 0 Å². The molecule has 6 nitrogen and oxygen atoms in total. The molecule has 2 amide bonds. The molecule has 0 spiro atoms. The smallest absolute Gasteiger partial charge is 0.226 e. The summed E-state index contributed by atoms with van der Waals surface area (Å²) < 4.78 is 24.5. The number of hydrogen-bond donors (Lipinski definition) is 0. The van der Waals surface area contributed by atoms with E-state index in [9.17, 15) is 18.0 Å². The Balaban J connectivity index is 1.47. The van der Waals surface area contributed by atoms with Crippen LogP contribution in [0, 0.1) is 5.92 Å². The molecule has 8 heteroatoms. The monoisotopic (exact) mass is 396 g/mol. The first-order valence-corrected chi connectivity index (χ1v) is 12.0. The van der Waals surface area contributed by atoms with Gasteiger partial charge in [-0.3, -0.25) is 9.59 Å². The fourth-order valence-electron chi connectivity index (χ4n) is 4.25. The summed E-state index contributed by atoms with van der Waals surface area (Å²) in [5.74, 6) is 0.122. The van der Waals surface area contributed by atoms with E-state index in [0.29, 0.717) is 25.9 Å². The Morgan fingerprint density at radius 1 is 1.12 bits per heavy atom. The summed E-state index contributed by atoms with van der Waals surface area (Å²) in [5, 5.41) is 1.99. The van der Waals surface area contributed by atoms with Crippen LogP contribution in [0.15, 0.2) is 17.5 Å². The number of thiophene rings is 1. The van der Waals surface area contributed by atoms with Gasteiger partial charge in [-0.05, 0) is 30.7 Å². The highest BCUT2D eigenvalue weighted by atomic mass is 32.2. The van der Waals surface area contributed by atoms with Gasteiger partial charge in [0.2, 0.25) is 11.8 Å². The molecule has 2 atom stereocenters. The van der Waals surface area contributed by atoms with Crippen LogP contribution < -0.4 is 0 Å². The molecule has 142 valence electrons. The second kappa shape index (κ2) is 6.96. The SMILES string of the molecule is O=C(C1CCC1)N1CCN(C(=O)CCc2cccs2)[C@H]2CS(=O)(=O)C[C@H]21. The molecule has 0 N–H and O–H groups in total. The minimum Gasteiger partial charge on any atom is -0.335 e. The molecule has 1 aromatic heterocycles. The summed E-state index contributed by atoms with van der Waals surface area (Å²) in [6.45, 7) is 0.898. The Morgan fingerprint density at radius 2 is 1.81 bits per heavy atom. The maximum absolute atomic E-state index is 12.8. The molecule has 1 aromatic rings. The number of piperazine rings is 1. The molecule has 1 aliphatic carbocycles. The number of rotatable bonds is 4. The highest BCUT2D eigenvalue weighted by Crippen LogP contribution is 2.33. The molecular weight excluding hydrogens is 372 g/mol. The summed E-state index contributed by atoms with van der Waals surface area (Å²) in [6, 6.07) is 3.23. The van der Waals surface area contributed by atoms with E-state index in [0.717, 1.165) is 24.1 Å². The first-order chi connectivity index (χ1) is 12.4. The Labute approximate surface area is 158 Å². The van der Waals surface area contributed by atoms with Crippen molar-refractivity contribution in [3.8, 4) is 0 Å². The lowest BCUT2D eigenvalue weighted by Crippen LogP contribution is -2.63. The Hall–Kier alpha value is -1.41. The number of aryl methyl sites for hydroxylation is 1. The van der Waals surface area contributed by atoms with Gasteiger partial charge in [0.15, 0.2) is 9.84 Å². The number of amides is 2. The quantitative estimate of drug-likeness (QED) is 0.769. The van der Waals surface area contributed by atoms with Crippen molar-refractivity contribution in [2.45, 2.75) is 44.2 Å². The largest absolute Gasteiger partial charge is 0.335 e. The zero-order chi connectivity index (χ0) is 18.3. The third kappa shape index (κ3) is 3.41. The van der Waals surface area contributed by atoms with E-state index in [4.69, 9.17) is 0 Å². The van der Waals surface area contributed by atoms with Crippen LogP contribution in [-0.2, 0) is 25.8 Å². The standard InChI is InChI=1S/C18H24N2O4S2/c21-17(7-6-14-5-2-10-25-14)19-8-9-20(18(22)13-3-1-4-13)16-12-26(23,24)11-15(16)19/h2,5,10,13,15-16H,1,3-4,6-9,11-12H2/t15-,16+/m0/s1. The predicted octanol–water partition coefficient (Wildman–Crippen LogP) is 1.32. The van der Waals surface area contributed by atoms with Crippen LogP contribution >= 0.6 is 11.3 Å². The fraction of sp³-hybridized carbons (Fsp3) is 0.667. The van der Waals surface area contributed by atoms with Crippen molar-refractivity contribution in [2.24, 2.45) is 5.92 Å². The molecule has 1 saturated carbocycles. The van der Waals surface area contributed by atoms with Crippen LogP contribution in [0.3, 0.4) is 0 Å².